The topological polar surface area (TPSA) is 47.0 Å². The Hall–Kier alpha value is -2.44. The molecule has 1 N–H and O–H groups in total. The lowest BCUT2D eigenvalue weighted by Gasteiger charge is -2.44. The first-order chi connectivity index (χ1) is 13.9. The van der Waals surface area contributed by atoms with Crippen LogP contribution in [0.5, 0.6) is 0 Å². The largest absolute Gasteiger partial charge is 0.394 e. The number of benzene rings is 2. The van der Waals surface area contributed by atoms with Crippen LogP contribution in [0.1, 0.15) is 18.0 Å². The molecule has 1 saturated heterocycles. The number of carbonyl (C=O) groups is 1. The summed E-state index contributed by atoms with van der Waals surface area (Å²) in [5.41, 5.74) is 3.40. The third-order valence-electron chi connectivity index (χ3n) is 6.31. The van der Waals surface area contributed by atoms with Gasteiger partial charge >= 0.3 is 0 Å². The van der Waals surface area contributed by atoms with Crippen LogP contribution in [0.4, 0.5) is 10.1 Å². The number of halogens is 1. The van der Waals surface area contributed by atoms with Crippen molar-refractivity contribution in [1.29, 1.82) is 0 Å². The van der Waals surface area contributed by atoms with Gasteiger partial charge in [0.25, 0.3) is 0 Å². The molecular formula is C23H28FN3O2. The summed E-state index contributed by atoms with van der Waals surface area (Å²) in [5, 5.41) is 10.1. The van der Waals surface area contributed by atoms with E-state index in [2.05, 4.69) is 4.90 Å². The highest BCUT2D eigenvalue weighted by molar-refractivity contribution is 5.80. The van der Waals surface area contributed by atoms with E-state index >= 15 is 0 Å². The Morgan fingerprint density at radius 1 is 1.24 bits per heavy atom. The van der Waals surface area contributed by atoms with Crippen LogP contribution in [-0.2, 0) is 4.79 Å². The molecule has 2 aromatic rings. The second-order valence-electron chi connectivity index (χ2n) is 8.34. The monoisotopic (exact) mass is 397 g/mol. The van der Waals surface area contributed by atoms with E-state index in [-0.39, 0.29) is 36.3 Å². The number of nitrogens with zero attached hydrogens (tertiary/aromatic N) is 3. The summed E-state index contributed by atoms with van der Waals surface area (Å²) < 4.78 is 14.4. The molecule has 29 heavy (non-hydrogen) atoms. The molecule has 0 aliphatic carbocycles. The van der Waals surface area contributed by atoms with Crippen molar-refractivity contribution < 1.29 is 14.3 Å². The summed E-state index contributed by atoms with van der Waals surface area (Å²) in [7, 11) is 5.77. The van der Waals surface area contributed by atoms with Crippen LogP contribution in [-0.4, -0.2) is 67.7 Å². The van der Waals surface area contributed by atoms with Gasteiger partial charge in [-0.3, -0.25) is 4.79 Å². The Morgan fingerprint density at radius 2 is 2.00 bits per heavy atom. The van der Waals surface area contributed by atoms with Crippen LogP contribution < -0.4 is 4.90 Å². The molecule has 2 aliphatic heterocycles. The summed E-state index contributed by atoms with van der Waals surface area (Å²) in [6, 6.07) is 12.6. The van der Waals surface area contributed by atoms with E-state index in [0.29, 0.717) is 18.7 Å². The molecule has 2 aliphatic rings. The van der Waals surface area contributed by atoms with E-state index < -0.39 is 0 Å². The number of fused-ring (bicyclic) bond motifs is 3. The first kappa shape index (κ1) is 19.9. The van der Waals surface area contributed by atoms with Gasteiger partial charge in [0.15, 0.2) is 0 Å². The highest BCUT2D eigenvalue weighted by Gasteiger charge is 2.47. The fraction of sp³-hybridized carbons (Fsp3) is 0.435. The molecule has 0 saturated carbocycles. The Labute approximate surface area is 171 Å². The lowest BCUT2D eigenvalue weighted by Crippen LogP contribution is -2.49. The minimum atomic E-state index is -0.256. The van der Waals surface area contributed by atoms with Crippen molar-refractivity contribution in [2.75, 3.05) is 45.7 Å². The second-order valence-corrected chi connectivity index (χ2v) is 8.34. The van der Waals surface area contributed by atoms with Gasteiger partial charge in [-0.15, -0.1) is 0 Å². The van der Waals surface area contributed by atoms with Crippen molar-refractivity contribution in [2.45, 2.75) is 18.5 Å². The van der Waals surface area contributed by atoms with E-state index in [1.165, 1.54) is 6.07 Å². The standard InChI is InChI=1S/C23H28FN3O2/c1-25(2)13-22(29)27-11-10-17-21(14-28)26(3)20-9-8-15(12-18(20)23(17)27)16-6-4-5-7-19(16)24/h4-9,12,17,21,23,28H,10-11,13-14H2,1-3H3/t17-,21+,23-/m1/s1. The molecule has 2 aromatic carbocycles. The van der Waals surface area contributed by atoms with E-state index in [9.17, 15) is 14.3 Å². The molecule has 3 atom stereocenters. The van der Waals surface area contributed by atoms with E-state index in [1.807, 2.05) is 55.2 Å². The summed E-state index contributed by atoms with van der Waals surface area (Å²) in [5.74, 6) is -0.0150. The first-order valence-electron chi connectivity index (χ1n) is 10.1. The molecule has 4 rings (SSSR count). The van der Waals surface area contributed by atoms with Gasteiger partial charge in [0.1, 0.15) is 5.82 Å². The van der Waals surface area contributed by atoms with Crippen molar-refractivity contribution in [3.05, 3.63) is 53.8 Å². The summed E-state index contributed by atoms with van der Waals surface area (Å²) in [6.45, 7) is 1.07. The van der Waals surface area contributed by atoms with Gasteiger partial charge in [-0.05, 0) is 49.8 Å². The van der Waals surface area contributed by atoms with Gasteiger partial charge in [-0.2, -0.15) is 0 Å². The Balaban J connectivity index is 1.81. The predicted molar refractivity (Wildman–Crippen MR) is 112 cm³/mol. The molecule has 0 aromatic heterocycles. The number of carbonyl (C=O) groups excluding carboxylic acids is 1. The molecule has 6 heteroatoms. The second kappa shape index (κ2) is 7.76. The molecule has 5 nitrogen and oxygen atoms in total. The molecule has 154 valence electrons. The molecule has 0 radical (unpaired) electrons. The maximum Gasteiger partial charge on any atom is 0.237 e. The lowest BCUT2D eigenvalue weighted by atomic mass is 9.81. The summed E-state index contributed by atoms with van der Waals surface area (Å²) in [6.07, 6.45) is 0.850. The average molecular weight is 397 g/mol. The number of amides is 1. The van der Waals surface area contributed by atoms with Crippen molar-refractivity contribution in [3.63, 3.8) is 0 Å². The van der Waals surface area contributed by atoms with Gasteiger partial charge < -0.3 is 19.8 Å². The van der Waals surface area contributed by atoms with Crippen LogP contribution in [0.25, 0.3) is 11.1 Å². The predicted octanol–water partition coefficient (Wildman–Crippen LogP) is 2.75. The number of likely N-dealkylation sites (tertiary alicyclic amines) is 1. The summed E-state index contributed by atoms with van der Waals surface area (Å²) in [4.78, 5) is 18.9. The molecule has 0 spiro atoms. The molecular weight excluding hydrogens is 369 g/mol. The van der Waals surface area contributed by atoms with Gasteiger partial charge in [0.2, 0.25) is 5.91 Å². The van der Waals surface area contributed by atoms with E-state index in [1.54, 1.807) is 12.1 Å². The van der Waals surface area contributed by atoms with Crippen molar-refractivity contribution >= 4 is 11.6 Å². The molecule has 1 fully saturated rings. The normalized spacial score (nSPS) is 23.3. The highest BCUT2D eigenvalue weighted by atomic mass is 19.1. The zero-order chi connectivity index (χ0) is 20.7. The van der Waals surface area contributed by atoms with Crippen molar-refractivity contribution in [1.82, 2.24) is 9.80 Å². The fourth-order valence-corrected chi connectivity index (χ4v) is 4.96. The maximum absolute atomic E-state index is 14.4. The van der Waals surface area contributed by atoms with E-state index in [0.717, 1.165) is 23.2 Å². The van der Waals surface area contributed by atoms with Gasteiger partial charge in [-0.25, -0.2) is 4.39 Å². The minimum absolute atomic E-state index is 0.0380. The number of likely N-dealkylation sites (N-methyl/N-ethyl adjacent to an activating group) is 2. The van der Waals surface area contributed by atoms with E-state index in [4.69, 9.17) is 0 Å². The molecule has 1 amide bonds. The zero-order valence-electron chi connectivity index (χ0n) is 17.2. The number of hydrogen-bond donors (Lipinski definition) is 1. The van der Waals surface area contributed by atoms with Gasteiger partial charge in [0, 0.05) is 30.8 Å². The SMILES string of the molecule is CN(C)CC(=O)N1CC[C@H]2[C@@H]1c1cc(-c3ccccc3F)ccc1N(C)[C@H]2CO. The Kier molecular flexibility index (Phi) is 5.32. The lowest BCUT2D eigenvalue weighted by molar-refractivity contribution is -0.133. The molecule has 0 unspecified atom stereocenters. The number of hydrogen-bond acceptors (Lipinski definition) is 4. The van der Waals surface area contributed by atoms with Crippen LogP contribution in [0.3, 0.4) is 0 Å². The van der Waals surface area contributed by atoms with Crippen LogP contribution >= 0.6 is 0 Å². The Bertz CT molecular complexity index is 917. The number of aliphatic hydroxyl groups excluding tert-OH is 1. The van der Waals surface area contributed by atoms with Crippen molar-refractivity contribution in [2.24, 2.45) is 5.92 Å². The third kappa shape index (κ3) is 3.40. The van der Waals surface area contributed by atoms with Crippen LogP contribution in [0.15, 0.2) is 42.5 Å². The number of rotatable bonds is 4. The van der Waals surface area contributed by atoms with Crippen LogP contribution in [0.2, 0.25) is 0 Å². The average Bonchev–Trinajstić information content (AvgIpc) is 3.13. The van der Waals surface area contributed by atoms with Gasteiger partial charge in [-0.1, -0.05) is 24.3 Å². The zero-order valence-corrected chi connectivity index (χ0v) is 17.2. The maximum atomic E-state index is 14.4. The smallest absolute Gasteiger partial charge is 0.237 e. The van der Waals surface area contributed by atoms with Gasteiger partial charge in [0.05, 0.1) is 25.2 Å². The highest BCUT2D eigenvalue weighted by Crippen LogP contribution is 2.49. The third-order valence-corrected chi connectivity index (χ3v) is 6.31. The first-order valence-corrected chi connectivity index (χ1v) is 10.1. The van der Waals surface area contributed by atoms with Crippen LogP contribution in [0, 0.1) is 11.7 Å². The Morgan fingerprint density at radius 3 is 2.69 bits per heavy atom. The number of aliphatic hydroxyl groups is 1. The minimum Gasteiger partial charge on any atom is -0.394 e. The number of anilines is 1. The quantitative estimate of drug-likeness (QED) is 0.862. The molecule has 0 bridgehead atoms. The fourth-order valence-electron chi connectivity index (χ4n) is 4.96. The van der Waals surface area contributed by atoms with Crippen molar-refractivity contribution in [3.8, 4) is 11.1 Å². The summed E-state index contributed by atoms with van der Waals surface area (Å²) >= 11 is 0. The molecule has 2 heterocycles.